The minimum atomic E-state index is -3.68. The summed E-state index contributed by atoms with van der Waals surface area (Å²) in [4.78, 5) is 13.8. The molecule has 2 aromatic rings. The topological polar surface area (TPSA) is 66.5 Å². The highest BCUT2D eigenvalue weighted by atomic mass is 32.2. The summed E-state index contributed by atoms with van der Waals surface area (Å²) in [5.41, 5.74) is 3.18. The molecular formula is C19H22N2O3S. The van der Waals surface area contributed by atoms with Gasteiger partial charge in [-0.3, -0.25) is 9.52 Å². The SMILES string of the molecule is CN(C)C(=O)c1cccc(NS(=O)(=O)c2ccc3c(c2)CCCC3)c1. The van der Waals surface area contributed by atoms with Crippen molar-refractivity contribution in [1.82, 2.24) is 4.90 Å². The molecule has 3 rings (SSSR count). The Labute approximate surface area is 148 Å². The molecule has 2 aromatic carbocycles. The van der Waals surface area contributed by atoms with Crippen LogP contribution in [0.2, 0.25) is 0 Å². The zero-order valence-corrected chi connectivity index (χ0v) is 15.3. The number of nitrogens with zero attached hydrogens (tertiary/aromatic N) is 1. The van der Waals surface area contributed by atoms with Crippen LogP contribution in [0.5, 0.6) is 0 Å². The number of nitrogens with one attached hydrogen (secondary N) is 1. The van der Waals surface area contributed by atoms with Crippen LogP contribution in [0.25, 0.3) is 0 Å². The second-order valence-electron chi connectivity index (χ2n) is 6.52. The van der Waals surface area contributed by atoms with Crippen molar-refractivity contribution in [2.75, 3.05) is 18.8 Å². The van der Waals surface area contributed by atoms with E-state index in [0.717, 1.165) is 31.2 Å². The van der Waals surface area contributed by atoms with Gasteiger partial charge in [0.15, 0.2) is 0 Å². The van der Waals surface area contributed by atoms with Gasteiger partial charge >= 0.3 is 0 Å². The fourth-order valence-electron chi connectivity index (χ4n) is 3.06. The maximum Gasteiger partial charge on any atom is 0.261 e. The second-order valence-corrected chi connectivity index (χ2v) is 8.21. The Kier molecular flexibility index (Phi) is 4.81. The predicted molar refractivity (Wildman–Crippen MR) is 98.4 cm³/mol. The summed E-state index contributed by atoms with van der Waals surface area (Å²) >= 11 is 0. The summed E-state index contributed by atoms with van der Waals surface area (Å²) in [7, 11) is -0.366. The molecule has 0 aromatic heterocycles. The van der Waals surface area contributed by atoms with Crippen LogP contribution in [0.15, 0.2) is 47.4 Å². The number of aryl methyl sites for hydroxylation is 2. The number of fused-ring (bicyclic) bond motifs is 1. The first-order valence-corrected chi connectivity index (χ1v) is 9.81. The van der Waals surface area contributed by atoms with E-state index in [1.165, 1.54) is 10.5 Å². The summed E-state index contributed by atoms with van der Waals surface area (Å²) in [6.07, 6.45) is 4.19. The maximum absolute atomic E-state index is 12.7. The number of amides is 1. The molecule has 0 heterocycles. The lowest BCUT2D eigenvalue weighted by Crippen LogP contribution is -2.22. The zero-order chi connectivity index (χ0) is 18.0. The molecule has 25 heavy (non-hydrogen) atoms. The fourth-order valence-corrected chi connectivity index (χ4v) is 4.16. The molecule has 0 spiro atoms. The van der Waals surface area contributed by atoms with Crippen molar-refractivity contribution < 1.29 is 13.2 Å². The van der Waals surface area contributed by atoms with Crippen molar-refractivity contribution >= 4 is 21.6 Å². The Morgan fingerprint density at radius 3 is 2.44 bits per heavy atom. The van der Waals surface area contributed by atoms with Crippen molar-refractivity contribution in [3.8, 4) is 0 Å². The number of sulfonamides is 1. The van der Waals surface area contributed by atoms with E-state index in [-0.39, 0.29) is 10.8 Å². The minimum Gasteiger partial charge on any atom is -0.345 e. The molecule has 1 amide bonds. The van der Waals surface area contributed by atoms with E-state index >= 15 is 0 Å². The van der Waals surface area contributed by atoms with Gasteiger partial charge in [0.25, 0.3) is 15.9 Å². The lowest BCUT2D eigenvalue weighted by Gasteiger charge is -2.17. The summed E-state index contributed by atoms with van der Waals surface area (Å²) < 4.78 is 28.0. The van der Waals surface area contributed by atoms with Gasteiger partial charge in [-0.05, 0) is 67.1 Å². The predicted octanol–water partition coefficient (Wildman–Crippen LogP) is 3.07. The molecular weight excluding hydrogens is 336 g/mol. The van der Waals surface area contributed by atoms with Gasteiger partial charge in [-0.2, -0.15) is 0 Å². The maximum atomic E-state index is 12.7. The van der Waals surface area contributed by atoms with Crippen LogP contribution in [0, 0.1) is 0 Å². The fraction of sp³-hybridized carbons (Fsp3) is 0.316. The Hall–Kier alpha value is -2.34. The van der Waals surface area contributed by atoms with E-state index in [1.807, 2.05) is 6.07 Å². The first kappa shape index (κ1) is 17.5. The summed E-state index contributed by atoms with van der Waals surface area (Å²) in [5, 5.41) is 0. The van der Waals surface area contributed by atoms with Crippen LogP contribution in [0.3, 0.4) is 0 Å². The van der Waals surface area contributed by atoms with E-state index < -0.39 is 10.0 Å². The van der Waals surface area contributed by atoms with Crippen molar-refractivity contribution in [1.29, 1.82) is 0 Å². The van der Waals surface area contributed by atoms with Gasteiger partial charge in [-0.15, -0.1) is 0 Å². The van der Waals surface area contributed by atoms with E-state index in [4.69, 9.17) is 0 Å². The Bertz CT molecular complexity index is 905. The summed E-state index contributed by atoms with van der Waals surface area (Å²) in [5.74, 6) is -0.171. The number of carbonyl (C=O) groups is 1. The molecule has 6 heteroatoms. The van der Waals surface area contributed by atoms with Gasteiger partial charge < -0.3 is 4.90 Å². The summed E-state index contributed by atoms with van der Waals surface area (Å²) in [6, 6.07) is 11.9. The highest BCUT2D eigenvalue weighted by Crippen LogP contribution is 2.25. The standard InChI is InChI=1S/C19H22N2O3S/c1-21(2)19(22)16-8-5-9-17(12-16)20-25(23,24)18-11-10-14-6-3-4-7-15(14)13-18/h5,8-13,20H,3-4,6-7H2,1-2H3. The lowest BCUT2D eigenvalue weighted by atomic mass is 9.92. The molecule has 0 unspecified atom stereocenters. The quantitative estimate of drug-likeness (QED) is 0.913. The molecule has 1 aliphatic carbocycles. The Morgan fingerprint density at radius 1 is 1.00 bits per heavy atom. The van der Waals surface area contributed by atoms with Gasteiger partial charge in [-0.25, -0.2) is 8.42 Å². The molecule has 0 atom stereocenters. The van der Waals surface area contributed by atoms with Crippen LogP contribution in [-0.2, 0) is 22.9 Å². The molecule has 1 N–H and O–H groups in total. The lowest BCUT2D eigenvalue weighted by molar-refractivity contribution is 0.0827. The molecule has 0 radical (unpaired) electrons. The molecule has 0 bridgehead atoms. The van der Waals surface area contributed by atoms with Gasteiger partial charge in [0.2, 0.25) is 0 Å². The molecule has 5 nitrogen and oxygen atoms in total. The Balaban J connectivity index is 1.87. The molecule has 0 fully saturated rings. The molecule has 0 saturated carbocycles. The third kappa shape index (κ3) is 3.85. The average Bonchev–Trinajstić information content (AvgIpc) is 2.60. The first-order chi connectivity index (χ1) is 11.9. The number of hydrogen-bond acceptors (Lipinski definition) is 3. The van der Waals surface area contributed by atoms with Crippen LogP contribution < -0.4 is 4.72 Å². The van der Waals surface area contributed by atoms with E-state index in [0.29, 0.717) is 11.3 Å². The number of carbonyl (C=O) groups excluding carboxylic acids is 1. The minimum absolute atomic E-state index is 0.171. The van der Waals surface area contributed by atoms with E-state index in [1.54, 1.807) is 50.5 Å². The number of benzene rings is 2. The second kappa shape index (κ2) is 6.88. The molecule has 1 aliphatic rings. The van der Waals surface area contributed by atoms with Crippen molar-refractivity contribution in [2.45, 2.75) is 30.6 Å². The zero-order valence-electron chi connectivity index (χ0n) is 14.5. The highest BCUT2D eigenvalue weighted by molar-refractivity contribution is 7.92. The largest absolute Gasteiger partial charge is 0.345 e. The first-order valence-electron chi connectivity index (χ1n) is 8.33. The monoisotopic (exact) mass is 358 g/mol. The van der Waals surface area contributed by atoms with Crippen LogP contribution >= 0.6 is 0 Å². The van der Waals surface area contributed by atoms with Crippen LogP contribution in [0.4, 0.5) is 5.69 Å². The number of rotatable bonds is 4. The summed E-state index contributed by atoms with van der Waals surface area (Å²) in [6.45, 7) is 0. The smallest absolute Gasteiger partial charge is 0.261 e. The van der Waals surface area contributed by atoms with Gasteiger partial charge in [0.05, 0.1) is 4.90 Å². The van der Waals surface area contributed by atoms with Gasteiger partial charge in [0.1, 0.15) is 0 Å². The molecule has 132 valence electrons. The third-order valence-corrected chi connectivity index (χ3v) is 5.78. The normalized spacial score (nSPS) is 13.8. The number of anilines is 1. The Morgan fingerprint density at radius 2 is 1.72 bits per heavy atom. The van der Waals surface area contributed by atoms with E-state index in [2.05, 4.69) is 4.72 Å². The van der Waals surface area contributed by atoms with Crippen molar-refractivity contribution in [3.63, 3.8) is 0 Å². The van der Waals surface area contributed by atoms with Gasteiger partial charge in [0, 0.05) is 25.3 Å². The molecule has 0 aliphatic heterocycles. The van der Waals surface area contributed by atoms with Crippen molar-refractivity contribution in [3.05, 3.63) is 59.2 Å². The molecule has 0 saturated heterocycles. The van der Waals surface area contributed by atoms with E-state index in [9.17, 15) is 13.2 Å². The van der Waals surface area contributed by atoms with Crippen LogP contribution in [0.1, 0.15) is 34.3 Å². The van der Waals surface area contributed by atoms with Crippen LogP contribution in [-0.4, -0.2) is 33.3 Å². The third-order valence-electron chi connectivity index (χ3n) is 4.40. The van der Waals surface area contributed by atoms with Gasteiger partial charge in [-0.1, -0.05) is 12.1 Å². The average molecular weight is 358 g/mol. The van der Waals surface area contributed by atoms with Crippen molar-refractivity contribution in [2.24, 2.45) is 0 Å². The highest BCUT2D eigenvalue weighted by Gasteiger charge is 2.18. The number of hydrogen-bond donors (Lipinski definition) is 1.